The molecule has 0 radical (unpaired) electrons. The second-order valence-electron chi connectivity index (χ2n) is 5.13. The number of nitrogens with one attached hydrogen (secondary N) is 3. The van der Waals surface area contributed by atoms with E-state index >= 15 is 0 Å². The maximum atomic E-state index is 11.6. The molecule has 1 rings (SSSR count). The first-order valence-corrected chi connectivity index (χ1v) is 8.14. The molecule has 1 aromatic carbocycles. The fraction of sp³-hybridized carbons (Fsp3) is 0.529. The molecule has 0 fully saturated rings. The third-order valence-corrected chi connectivity index (χ3v) is 2.98. The van der Waals surface area contributed by atoms with E-state index in [4.69, 9.17) is 4.74 Å². The van der Waals surface area contributed by atoms with Crippen LogP contribution in [0, 0.1) is 6.92 Å². The molecule has 0 spiro atoms. The number of aryl methyl sites for hydroxylation is 1. The number of amides is 1. The topological polar surface area (TPSA) is 74.8 Å². The molecule has 0 aliphatic rings. The monoisotopic (exact) mass is 448 g/mol. The van der Waals surface area contributed by atoms with Crippen LogP contribution in [0.15, 0.2) is 29.3 Å². The zero-order valence-electron chi connectivity index (χ0n) is 14.7. The van der Waals surface area contributed by atoms with Crippen LogP contribution in [0.2, 0.25) is 0 Å². The van der Waals surface area contributed by atoms with Crippen LogP contribution >= 0.6 is 24.0 Å². The predicted molar refractivity (Wildman–Crippen MR) is 109 cm³/mol. The van der Waals surface area contributed by atoms with Crippen molar-refractivity contribution in [3.05, 3.63) is 29.8 Å². The number of benzene rings is 1. The first kappa shape index (κ1) is 22.5. The van der Waals surface area contributed by atoms with Crippen LogP contribution in [0.25, 0.3) is 0 Å². The molecule has 24 heavy (non-hydrogen) atoms. The number of rotatable bonds is 9. The molecule has 0 heterocycles. The summed E-state index contributed by atoms with van der Waals surface area (Å²) < 4.78 is 5.64. The molecule has 0 aliphatic heterocycles. The lowest BCUT2D eigenvalue weighted by Crippen LogP contribution is -2.40. The Bertz CT molecular complexity index is 492. The SMILES string of the molecule is CCCNC(=O)CN=C(NCC)NCCOc1ccc(C)cc1.I. The van der Waals surface area contributed by atoms with Crippen LogP contribution in [0.3, 0.4) is 0 Å². The quantitative estimate of drug-likeness (QED) is 0.234. The molecule has 0 saturated carbocycles. The van der Waals surface area contributed by atoms with E-state index in [-0.39, 0.29) is 36.4 Å². The van der Waals surface area contributed by atoms with Gasteiger partial charge in [0.25, 0.3) is 0 Å². The van der Waals surface area contributed by atoms with Crippen molar-refractivity contribution >= 4 is 35.8 Å². The summed E-state index contributed by atoms with van der Waals surface area (Å²) in [6.07, 6.45) is 0.921. The zero-order valence-corrected chi connectivity index (χ0v) is 17.1. The van der Waals surface area contributed by atoms with Crippen LogP contribution in [0.5, 0.6) is 5.75 Å². The van der Waals surface area contributed by atoms with E-state index in [0.717, 1.165) is 18.7 Å². The average molecular weight is 448 g/mol. The van der Waals surface area contributed by atoms with Gasteiger partial charge in [0, 0.05) is 13.1 Å². The summed E-state index contributed by atoms with van der Waals surface area (Å²) in [5.74, 6) is 1.39. The van der Waals surface area contributed by atoms with Crippen molar-refractivity contribution in [3.8, 4) is 5.75 Å². The standard InChI is InChI=1S/C17H28N4O2.HI/c1-4-10-19-16(22)13-21-17(18-5-2)20-11-12-23-15-8-6-14(3)7-9-15;/h6-9H,4-5,10-13H2,1-3H3,(H,19,22)(H2,18,20,21);1H. The maximum Gasteiger partial charge on any atom is 0.241 e. The molecule has 6 nitrogen and oxygen atoms in total. The van der Waals surface area contributed by atoms with Crippen molar-refractivity contribution in [2.24, 2.45) is 4.99 Å². The summed E-state index contributed by atoms with van der Waals surface area (Å²) in [6, 6.07) is 7.94. The normalized spacial score (nSPS) is 10.5. The second kappa shape index (κ2) is 13.9. The molecule has 7 heteroatoms. The largest absolute Gasteiger partial charge is 0.492 e. The van der Waals surface area contributed by atoms with Crippen molar-refractivity contribution in [2.75, 3.05) is 32.8 Å². The number of carbonyl (C=O) groups excluding carboxylic acids is 1. The van der Waals surface area contributed by atoms with Crippen LogP contribution in [-0.4, -0.2) is 44.7 Å². The molecule has 0 saturated heterocycles. The number of ether oxygens (including phenoxy) is 1. The second-order valence-corrected chi connectivity index (χ2v) is 5.13. The third-order valence-electron chi connectivity index (χ3n) is 2.98. The molecule has 0 unspecified atom stereocenters. The van der Waals surface area contributed by atoms with Crippen LogP contribution in [0.1, 0.15) is 25.8 Å². The van der Waals surface area contributed by atoms with Crippen LogP contribution in [-0.2, 0) is 4.79 Å². The van der Waals surface area contributed by atoms with Gasteiger partial charge in [0.1, 0.15) is 18.9 Å². The Balaban J connectivity index is 0.00000529. The van der Waals surface area contributed by atoms with Crippen LogP contribution in [0.4, 0.5) is 0 Å². The van der Waals surface area contributed by atoms with E-state index in [2.05, 4.69) is 20.9 Å². The van der Waals surface area contributed by atoms with Crippen LogP contribution < -0.4 is 20.7 Å². The number of nitrogens with zero attached hydrogens (tertiary/aromatic N) is 1. The van der Waals surface area contributed by atoms with E-state index < -0.39 is 0 Å². The predicted octanol–water partition coefficient (Wildman–Crippen LogP) is 2.07. The third kappa shape index (κ3) is 10.3. The number of hydrogen-bond donors (Lipinski definition) is 3. The number of halogens is 1. The minimum atomic E-state index is -0.0695. The van der Waals surface area contributed by atoms with Gasteiger partial charge in [-0.25, -0.2) is 4.99 Å². The maximum absolute atomic E-state index is 11.6. The van der Waals surface area contributed by atoms with E-state index in [0.29, 0.717) is 25.7 Å². The van der Waals surface area contributed by atoms with Crippen molar-refractivity contribution in [3.63, 3.8) is 0 Å². The average Bonchev–Trinajstić information content (AvgIpc) is 2.56. The highest BCUT2D eigenvalue weighted by Gasteiger charge is 2.01. The first-order chi connectivity index (χ1) is 11.2. The Kier molecular flexibility index (Phi) is 13.0. The summed E-state index contributed by atoms with van der Waals surface area (Å²) in [7, 11) is 0. The molecule has 3 N–H and O–H groups in total. The van der Waals surface area contributed by atoms with Crippen molar-refractivity contribution in [1.29, 1.82) is 0 Å². The Morgan fingerprint density at radius 2 is 1.79 bits per heavy atom. The molecule has 1 aromatic rings. The van der Waals surface area contributed by atoms with E-state index in [1.165, 1.54) is 5.56 Å². The van der Waals surface area contributed by atoms with Gasteiger partial charge in [-0.2, -0.15) is 0 Å². The molecule has 0 bridgehead atoms. The smallest absolute Gasteiger partial charge is 0.241 e. The van der Waals surface area contributed by atoms with Crippen molar-refractivity contribution in [2.45, 2.75) is 27.2 Å². The van der Waals surface area contributed by atoms with Crippen molar-refractivity contribution < 1.29 is 9.53 Å². The van der Waals surface area contributed by atoms with E-state index in [9.17, 15) is 4.79 Å². The van der Waals surface area contributed by atoms with E-state index in [1.807, 2.05) is 45.0 Å². The zero-order chi connectivity index (χ0) is 16.9. The lowest BCUT2D eigenvalue weighted by atomic mass is 10.2. The summed E-state index contributed by atoms with van der Waals surface area (Å²) in [6.45, 7) is 8.71. The van der Waals surface area contributed by atoms with Gasteiger partial charge in [0.05, 0.1) is 6.54 Å². The highest BCUT2D eigenvalue weighted by atomic mass is 127. The Hall–Kier alpha value is -1.51. The van der Waals surface area contributed by atoms with Gasteiger partial charge in [0.2, 0.25) is 5.91 Å². The highest BCUT2D eigenvalue weighted by molar-refractivity contribution is 14.0. The minimum absolute atomic E-state index is 0. The van der Waals surface area contributed by atoms with E-state index in [1.54, 1.807) is 0 Å². The Morgan fingerprint density at radius 3 is 2.42 bits per heavy atom. The van der Waals surface area contributed by atoms with Gasteiger partial charge >= 0.3 is 0 Å². The molecule has 0 aliphatic carbocycles. The molecular weight excluding hydrogens is 419 g/mol. The van der Waals surface area contributed by atoms with Gasteiger partial charge in [-0.15, -0.1) is 24.0 Å². The first-order valence-electron chi connectivity index (χ1n) is 8.14. The van der Waals surface area contributed by atoms with Gasteiger partial charge in [0.15, 0.2) is 5.96 Å². The molecule has 0 aromatic heterocycles. The Labute approximate surface area is 161 Å². The Morgan fingerprint density at radius 1 is 1.08 bits per heavy atom. The lowest BCUT2D eigenvalue weighted by molar-refractivity contribution is -0.119. The minimum Gasteiger partial charge on any atom is -0.492 e. The van der Waals surface area contributed by atoms with Gasteiger partial charge in [-0.05, 0) is 32.4 Å². The highest BCUT2D eigenvalue weighted by Crippen LogP contribution is 2.10. The van der Waals surface area contributed by atoms with Gasteiger partial charge < -0.3 is 20.7 Å². The molecule has 0 atom stereocenters. The molecule has 136 valence electrons. The number of hydrogen-bond acceptors (Lipinski definition) is 3. The summed E-state index contributed by atoms with van der Waals surface area (Å²) in [4.78, 5) is 15.8. The summed E-state index contributed by atoms with van der Waals surface area (Å²) in [5, 5.41) is 9.05. The fourth-order valence-electron chi connectivity index (χ4n) is 1.79. The van der Waals surface area contributed by atoms with Gasteiger partial charge in [-0.3, -0.25) is 4.79 Å². The lowest BCUT2D eigenvalue weighted by Gasteiger charge is -2.12. The summed E-state index contributed by atoms with van der Waals surface area (Å²) in [5.41, 5.74) is 1.21. The van der Waals surface area contributed by atoms with Gasteiger partial charge in [-0.1, -0.05) is 24.6 Å². The van der Waals surface area contributed by atoms with Crippen molar-refractivity contribution in [1.82, 2.24) is 16.0 Å². The molecule has 1 amide bonds. The number of aliphatic imine (C=N–C) groups is 1. The summed E-state index contributed by atoms with van der Waals surface area (Å²) >= 11 is 0. The number of guanidine groups is 1. The molecular formula is C17H29IN4O2. The number of carbonyl (C=O) groups is 1. The fourth-order valence-corrected chi connectivity index (χ4v) is 1.79.